The van der Waals surface area contributed by atoms with E-state index in [4.69, 9.17) is 27.0 Å². The Labute approximate surface area is 130 Å². The zero-order valence-electron chi connectivity index (χ0n) is 11.0. The molecule has 122 valence electrons. The molecule has 0 bridgehead atoms. The summed E-state index contributed by atoms with van der Waals surface area (Å²) in [6, 6.07) is 0.550. The van der Waals surface area contributed by atoms with Gasteiger partial charge in [0.15, 0.2) is 5.75 Å². The van der Waals surface area contributed by atoms with Crippen LogP contribution in [0.3, 0.4) is 0 Å². The van der Waals surface area contributed by atoms with Gasteiger partial charge in [-0.25, -0.2) is 4.79 Å². The Bertz CT molecular complexity index is 705. The molecule has 0 fully saturated rings. The molecule has 0 spiro atoms. The van der Waals surface area contributed by atoms with Crippen molar-refractivity contribution in [1.82, 2.24) is 0 Å². The van der Waals surface area contributed by atoms with Gasteiger partial charge in [-0.1, -0.05) is 11.6 Å². The first-order valence-electron chi connectivity index (χ1n) is 5.80. The van der Waals surface area contributed by atoms with E-state index in [-0.39, 0.29) is 23.6 Å². The van der Waals surface area contributed by atoms with Crippen LogP contribution >= 0.6 is 11.6 Å². The predicted molar refractivity (Wildman–Crippen MR) is 76.4 cm³/mol. The van der Waals surface area contributed by atoms with Gasteiger partial charge in [-0.3, -0.25) is 9.35 Å². The van der Waals surface area contributed by atoms with Gasteiger partial charge in [-0.05, 0) is 18.6 Å². The fraction of sp³-hybridized carbons (Fsp3) is 0.273. The summed E-state index contributed by atoms with van der Waals surface area (Å²) in [5, 5.41) is 21.0. The van der Waals surface area contributed by atoms with E-state index in [1.165, 1.54) is 0 Å². The zero-order chi connectivity index (χ0) is 17.1. The van der Waals surface area contributed by atoms with Gasteiger partial charge in [-0.2, -0.15) is 8.42 Å². The Morgan fingerprint density at radius 3 is 2.41 bits per heavy atom. The largest absolute Gasteiger partial charge is 0.504 e. The SMILES string of the molecule is NC(=O)CC[C@H](Nc1cc(Cl)cc(S(=O)(=O)O)c1O)C(=O)O. The molecule has 0 aliphatic heterocycles. The van der Waals surface area contributed by atoms with Crippen molar-refractivity contribution in [1.29, 1.82) is 0 Å². The number of aliphatic carboxylic acids is 1. The number of nitrogens with two attached hydrogens (primary N) is 1. The van der Waals surface area contributed by atoms with Crippen LogP contribution in [-0.4, -0.2) is 41.1 Å². The maximum atomic E-state index is 11.1. The highest BCUT2D eigenvalue weighted by molar-refractivity contribution is 7.86. The minimum atomic E-state index is -4.76. The number of benzene rings is 1. The molecule has 0 aliphatic rings. The lowest BCUT2D eigenvalue weighted by Gasteiger charge is -2.17. The molecule has 0 aliphatic carbocycles. The second-order valence-electron chi connectivity index (χ2n) is 4.32. The third-order valence-corrected chi connectivity index (χ3v) is 3.71. The number of phenolic OH excluding ortho intramolecular Hbond substituents is 1. The van der Waals surface area contributed by atoms with Gasteiger partial charge in [0, 0.05) is 11.4 Å². The molecule has 0 saturated heterocycles. The van der Waals surface area contributed by atoms with Gasteiger partial charge in [0.2, 0.25) is 5.91 Å². The molecule has 0 saturated carbocycles. The van der Waals surface area contributed by atoms with Crippen molar-refractivity contribution in [3.8, 4) is 5.75 Å². The van der Waals surface area contributed by atoms with Crippen molar-refractivity contribution in [3.05, 3.63) is 17.2 Å². The smallest absolute Gasteiger partial charge is 0.326 e. The fourth-order valence-electron chi connectivity index (χ4n) is 1.61. The Morgan fingerprint density at radius 2 is 1.95 bits per heavy atom. The number of carboxylic acid groups (broad SMARTS) is 1. The average molecular weight is 353 g/mol. The molecule has 1 rings (SSSR count). The number of hydrogen-bond acceptors (Lipinski definition) is 6. The van der Waals surface area contributed by atoms with Crippen molar-refractivity contribution in [2.24, 2.45) is 5.73 Å². The lowest BCUT2D eigenvalue weighted by atomic mass is 10.1. The van der Waals surface area contributed by atoms with Gasteiger partial charge >= 0.3 is 5.97 Å². The second kappa shape index (κ2) is 6.81. The summed E-state index contributed by atoms with van der Waals surface area (Å²) in [6.45, 7) is 0. The molecule has 9 nitrogen and oxygen atoms in total. The van der Waals surface area contributed by atoms with Crippen LogP contribution in [0.15, 0.2) is 17.0 Å². The molecule has 0 unspecified atom stereocenters. The van der Waals surface area contributed by atoms with E-state index in [0.717, 1.165) is 12.1 Å². The van der Waals surface area contributed by atoms with Crippen LogP contribution in [0, 0.1) is 0 Å². The number of rotatable bonds is 7. The number of anilines is 1. The van der Waals surface area contributed by atoms with E-state index >= 15 is 0 Å². The summed E-state index contributed by atoms with van der Waals surface area (Å²) in [4.78, 5) is 20.9. The molecule has 1 aromatic rings. The first-order valence-corrected chi connectivity index (χ1v) is 7.62. The minimum absolute atomic E-state index is 0.160. The number of carbonyl (C=O) groups excluding carboxylic acids is 1. The number of amides is 1. The highest BCUT2D eigenvalue weighted by atomic mass is 35.5. The van der Waals surface area contributed by atoms with Gasteiger partial charge in [0.25, 0.3) is 10.1 Å². The van der Waals surface area contributed by atoms with Gasteiger partial charge in [-0.15, -0.1) is 0 Å². The van der Waals surface area contributed by atoms with E-state index in [0.29, 0.717) is 0 Å². The van der Waals surface area contributed by atoms with E-state index in [9.17, 15) is 23.1 Å². The number of halogens is 1. The maximum Gasteiger partial charge on any atom is 0.326 e. The number of phenols is 1. The molecule has 0 radical (unpaired) electrons. The fourth-order valence-corrected chi connectivity index (χ4v) is 2.53. The number of hydrogen-bond donors (Lipinski definition) is 5. The van der Waals surface area contributed by atoms with Crippen molar-refractivity contribution in [2.75, 3.05) is 5.32 Å². The standard InChI is InChI=1S/C11H13ClN2O7S/c12-5-3-7(10(16)8(4-5)22(19,20)21)14-6(11(17)18)1-2-9(13)15/h3-4,6,14,16H,1-2H2,(H2,13,15)(H,17,18)(H,19,20,21)/t6-/m0/s1. The summed E-state index contributed by atoms with van der Waals surface area (Å²) in [7, 11) is -4.76. The summed E-state index contributed by atoms with van der Waals surface area (Å²) < 4.78 is 31.2. The number of aromatic hydroxyl groups is 1. The summed E-state index contributed by atoms with van der Waals surface area (Å²) in [5.74, 6) is -2.96. The first kappa shape index (κ1) is 18.0. The van der Waals surface area contributed by atoms with Crippen LogP contribution in [0.2, 0.25) is 5.02 Å². The highest BCUT2D eigenvalue weighted by Crippen LogP contribution is 2.35. The molecule has 1 amide bonds. The number of primary amides is 1. The van der Waals surface area contributed by atoms with Crippen LogP contribution in [-0.2, 0) is 19.7 Å². The third-order valence-electron chi connectivity index (χ3n) is 2.62. The number of carboxylic acids is 1. The van der Waals surface area contributed by atoms with E-state index in [1.54, 1.807) is 0 Å². The topological polar surface area (TPSA) is 167 Å². The molecular formula is C11H13ClN2O7S. The molecular weight excluding hydrogens is 340 g/mol. The van der Waals surface area contributed by atoms with Crippen molar-refractivity contribution < 1.29 is 32.8 Å². The third kappa shape index (κ3) is 4.76. The van der Waals surface area contributed by atoms with Gasteiger partial charge in [0.1, 0.15) is 10.9 Å². The molecule has 6 N–H and O–H groups in total. The molecule has 0 heterocycles. The highest BCUT2D eigenvalue weighted by Gasteiger charge is 2.24. The zero-order valence-corrected chi connectivity index (χ0v) is 12.6. The van der Waals surface area contributed by atoms with E-state index in [2.05, 4.69) is 5.32 Å². The molecule has 1 atom stereocenters. The van der Waals surface area contributed by atoms with E-state index < -0.39 is 38.7 Å². The van der Waals surface area contributed by atoms with Crippen molar-refractivity contribution in [3.63, 3.8) is 0 Å². The minimum Gasteiger partial charge on any atom is -0.504 e. The quantitative estimate of drug-likeness (QED) is 0.347. The lowest BCUT2D eigenvalue weighted by molar-refractivity contribution is -0.138. The van der Waals surface area contributed by atoms with Crippen molar-refractivity contribution in [2.45, 2.75) is 23.8 Å². The van der Waals surface area contributed by atoms with Crippen LogP contribution in [0.4, 0.5) is 5.69 Å². The number of carbonyl (C=O) groups is 2. The van der Waals surface area contributed by atoms with Crippen LogP contribution in [0.1, 0.15) is 12.8 Å². The van der Waals surface area contributed by atoms with Crippen molar-refractivity contribution >= 4 is 39.3 Å². The second-order valence-corrected chi connectivity index (χ2v) is 6.14. The van der Waals surface area contributed by atoms with Crippen LogP contribution in [0.25, 0.3) is 0 Å². The Morgan fingerprint density at radius 1 is 1.36 bits per heavy atom. The molecule has 11 heteroatoms. The van der Waals surface area contributed by atoms with Crippen LogP contribution < -0.4 is 11.1 Å². The normalized spacial score (nSPS) is 12.6. The summed E-state index contributed by atoms with van der Waals surface area (Å²) in [6.07, 6.45) is -0.436. The predicted octanol–water partition coefficient (Wildman–Crippen LogP) is 0.423. The Balaban J connectivity index is 3.17. The Hall–Kier alpha value is -2.04. The van der Waals surface area contributed by atoms with Crippen LogP contribution in [0.5, 0.6) is 5.75 Å². The molecule has 22 heavy (non-hydrogen) atoms. The molecule has 0 aromatic heterocycles. The Kier molecular flexibility index (Phi) is 5.58. The summed E-state index contributed by atoms with van der Waals surface area (Å²) >= 11 is 5.67. The first-order chi connectivity index (χ1) is 10.0. The number of nitrogens with one attached hydrogen (secondary N) is 1. The van der Waals surface area contributed by atoms with Gasteiger partial charge < -0.3 is 21.3 Å². The maximum absolute atomic E-state index is 11.1. The molecule has 1 aromatic carbocycles. The van der Waals surface area contributed by atoms with Gasteiger partial charge in [0.05, 0.1) is 5.69 Å². The monoisotopic (exact) mass is 352 g/mol. The average Bonchev–Trinajstić information content (AvgIpc) is 2.35. The van der Waals surface area contributed by atoms with E-state index in [1.807, 2.05) is 0 Å². The lowest BCUT2D eigenvalue weighted by Crippen LogP contribution is -2.30. The summed E-state index contributed by atoms with van der Waals surface area (Å²) in [5.41, 5.74) is 4.60.